The predicted molar refractivity (Wildman–Crippen MR) is 56.8 cm³/mol. The van der Waals surface area contributed by atoms with Gasteiger partial charge in [-0.2, -0.15) is 0 Å². The first-order chi connectivity index (χ1) is 7.57. The van der Waals surface area contributed by atoms with Crippen LogP contribution in [0.3, 0.4) is 0 Å². The summed E-state index contributed by atoms with van der Waals surface area (Å²) in [5.41, 5.74) is 0.185. The lowest BCUT2D eigenvalue weighted by Gasteiger charge is -2.17. The molecule has 2 N–H and O–H groups in total. The molecule has 1 rings (SSSR count). The van der Waals surface area contributed by atoms with Crippen LogP contribution in [0.25, 0.3) is 0 Å². The molecule has 0 bridgehead atoms. The summed E-state index contributed by atoms with van der Waals surface area (Å²) in [6, 6.07) is 1.46. The Bertz CT molecular complexity index is 372. The highest BCUT2D eigenvalue weighted by atomic mass is 35.5. The first kappa shape index (κ1) is 12.9. The van der Waals surface area contributed by atoms with Gasteiger partial charge < -0.3 is 14.9 Å². The topological polar surface area (TPSA) is 79.7 Å². The van der Waals surface area contributed by atoms with Gasteiger partial charge in [0.1, 0.15) is 6.10 Å². The van der Waals surface area contributed by atoms with Crippen LogP contribution >= 0.6 is 11.6 Å². The Morgan fingerprint density at radius 2 is 2.31 bits per heavy atom. The summed E-state index contributed by atoms with van der Waals surface area (Å²) in [6.45, 7) is 1.73. The molecule has 0 aliphatic rings. The van der Waals surface area contributed by atoms with E-state index in [9.17, 15) is 15.0 Å². The summed E-state index contributed by atoms with van der Waals surface area (Å²) in [7, 11) is 0. The van der Waals surface area contributed by atoms with Gasteiger partial charge in [-0.05, 0) is 13.0 Å². The van der Waals surface area contributed by atoms with Gasteiger partial charge in [0.05, 0.1) is 6.61 Å². The van der Waals surface area contributed by atoms with Crippen molar-refractivity contribution >= 4 is 17.6 Å². The average Bonchev–Trinajstić information content (AvgIpc) is 2.28. The standard InChI is InChI=1S/C10H12ClNO4/c1-2-16-10(15)9(14)8(13)6-5-12-4-3-7(6)11/h3-5,8-9,13-14H,2H2,1H3. The van der Waals surface area contributed by atoms with Crippen molar-refractivity contribution in [2.24, 2.45) is 0 Å². The number of hydrogen-bond acceptors (Lipinski definition) is 5. The molecule has 0 amide bonds. The van der Waals surface area contributed by atoms with E-state index in [1.807, 2.05) is 0 Å². The highest BCUT2D eigenvalue weighted by Gasteiger charge is 2.28. The zero-order valence-corrected chi connectivity index (χ0v) is 9.39. The van der Waals surface area contributed by atoms with Gasteiger partial charge >= 0.3 is 5.97 Å². The zero-order valence-electron chi connectivity index (χ0n) is 8.63. The Morgan fingerprint density at radius 1 is 1.62 bits per heavy atom. The molecule has 0 saturated carbocycles. The summed E-state index contributed by atoms with van der Waals surface area (Å²) in [4.78, 5) is 14.9. The fourth-order valence-corrected chi connectivity index (χ4v) is 1.35. The molecule has 88 valence electrons. The van der Waals surface area contributed by atoms with Crippen LogP contribution in [0.5, 0.6) is 0 Å². The van der Waals surface area contributed by atoms with Crippen molar-refractivity contribution in [3.8, 4) is 0 Å². The summed E-state index contributed by atoms with van der Waals surface area (Å²) in [6.07, 6.45) is -0.382. The summed E-state index contributed by atoms with van der Waals surface area (Å²) < 4.78 is 4.57. The van der Waals surface area contributed by atoms with Crippen molar-refractivity contribution < 1.29 is 19.7 Å². The van der Waals surface area contributed by atoms with Crippen LogP contribution in [0, 0.1) is 0 Å². The molecule has 1 aromatic rings. The van der Waals surface area contributed by atoms with Crippen molar-refractivity contribution in [1.82, 2.24) is 4.98 Å². The van der Waals surface area contributed by atoms with Crippen LogP contribution in [0.2, 0.25) is 5.02 Å². The lowest BCUT2D eigenvalue weighted by molar-refractivity contribution is -0.159. The quantitative estimate of drug-likeness (QED) is 0.763. The maximum Gasteiger partial charge on any atom is 0.338 e. The Balaban J connectivity index is 2.82. The molecule has 6 heteroatoms. The van der Waals surface area contributed by atoms with E-state index in [4.69, 9.17) is 11.6 Å². The molecule has 16 heavy (non-hydrogen) atoms. The third-order valence-corrected chi connectivity index (χ3v) is 2.29. The van der Waals surface area contributed by atoms with Gasteiger partial charge in [-0.1, -0.05) is 11.6 Å². The number of aromatic nitrogens is 1. The van der Waals surface area contributed by atoms with Crippen LogP contribution < -0.4 is 0 Å². The van der Waals surface area contributed by atoms with Crippen LogP contribution in [-0.2, 0) is 9.53 Å². The van der Waals surface area contributed by atoms with E-state index < -0.39 is 18.2 Å². The fourth-order valence-electron chi connectivity index (χ4n) is 1.13. The normalized spacial score (nSPS) is 14.2. The summed E-state index contributed by atoms with van der Waals surface area (Å²) >= 11 is 5.78. The van der Waals surface area contributed by atoms with E-state index in [1.54, 1.807) is 6.92 Å². The molecule has 1 aromatic heterocycles. The number of nitrogens with zero attached hydrogens (tertiary/aromatic N) is 1. The monoisotopic (exact) mass is 245 g/mol. The van der Waals surface area contributed by atoms with Gasteiger partial charge in [0.15, 0.2) is 6.10 Å². The van der Waals surface area contributed by atoms with Gasteiger partial charge in [-0.3, -0.25) is 4.98 Å². The molecule has 0 aromatic carbocycles. The van der Waals surface area contributed by atoms with E-state index in [2.05, 4.69) is 9.72 Å². The molecule has 0 spiro atoms. The lowest BCUT2D eigenvalue weighted by Crippen LogP contribution is -2.30. The lowest BCUT2D eigenvalue weighted by atomic mass is 10.1. The number of carbonyl (C=O) groups excluding carboxylic acids is 1. The van der Waals surface area contributed by atoms with Gasteiger partial charge in [0.2, 0.25) is 0 Å². The van der Waals surface area contributed by atoms with Gasteiger partial charge in [0.25, 0.3) is 0 Å². The Hall–Kier alpha value is -1.17. The third-order valence-electron chi connectivity index (χ3n) is 1.94. The first-order valence-electron chi connectivity index (χ1n) is 4.70. The van der Waals surface area contributed by atoms with Gasteiger partial charge in [-0.25, -0.2) is 4.79 Å². The minimum atomic E-state index is -1.67. The zero-order chi connectivity index (χ0) is 12.1. The number of aliphatic hydroxyl groups excluding tert-OH is 2. The van der Waals surface area contributed by atoms with Crippen molar-refractivity contribution in [3.63, 3.8) is 0 Å². The number of ether oxygens (including phenoxy) is 1. The van der Waals surface area contributed by atoms with E-state index in [0.717, 1.165) is 0 Å². The number of carbonyl (C=O) groups is 1. The van der Waals surface area contributed by atoms with E-state index >= 15 is 0 Å². The second kappa shape index (κ2) is 5.79. The number of hydrogen-bond donors (Lipinski definition) is 2. The van der Waals surface area contributed by atoms with Crippen LogP contribution in [-0.4, -0.2) is 33.9 Å². The molecule has 2 atom stereocenters. The maximum absolute atomic E-state index is 11.2. The van der Waals surface area contributed by atoms with Crippen molar-refractivity contribution in [1.29, 1.82) is 0 Å². The highest BCUT2D eigenvalue weighted by Crippen LogP contribution is 2.24. The minimum Gasteiger partial charge on any atom is -0.464 e. The summed E-state index contributed by atoms with van der Waals surface area (Å²) in [5, 5.41) is 19.4. The third kappa shape index (κ3) is 2.91. The molecule has 5 nitrogen and oxygen atoms in total. The highest BCUT2D eigenvalue weighted by molar-refractivity contribution is 6.31. The Morgan fingerprint density at radius 3 is 2.88 bits per heavy atom. The average molecular weight is 246 g/mol. The first-order valence-corrected chi connectivity index (χ1v) is 5.08. The molecule has 0 aliphatic heterocycles. The largest absolute Gasteiger partial charge is 0.464 e. The molecular weight excluding hydrogens is 234 g/mol. The van der Waals surface area contributed by atoms with E-state index in [0.29, 0.717) is 0 Å². The minimum absolute atomic E-state index is 0.128. The molecular formula is C10H12ClNO4. The second-order valence-electron chi connectivity index (χ2n) is 3.04. The molecule has 0 radical (unpaired) electrons. The number of esters is 1. The van der Waals surface area contributed by atoms with Crippen molar-refractivity contribution in [2.75, 3.05) is 6.61 Å². The smallest absolute Gasteiger partial charge is 0.338 e. The van der Waals surface area contributed by atoms with Gasteiger partial charge in [-0.15, -0.1) is 0 Å². The van der Waals surface area contributed by atoms with E-state index in [-0.39, 0.29) is 17.2 Å². The van der Waals surface area contributed by atoms with Crippen LogP contribution in [0.15, 0.2) is 18.5 Å². The van der Waals surface area contributed by atoms with Crippen LogP contribution in [0.1, 0.15) is 18.6 Å². The van der Waals surface area contributed by atoms with Crippen LogP contribution in [0.4, 0.5) is 0 Å². The Labute approximate surface area is 97.6 Å². The summed E-state index contributed by atoms with van der Waals surface area (Å²) in [5.74, 6) is -0.894. The Kier molecular flexibility index (Phi) is 4.67. The maximum atomic E-state index is 11.2. The van der Waals surface area contributed by atoms with E-state index in [1.165, 1.54) is 18.5 Å². The van der Waals surface area contributed by atoms with Gasteiger partial charge in [0, 0.05) is 23.0 Å². The number of aliphatic hydroxyl groups is 2. The molecule has 2 unspecified atom stereocenters. The molecule has 0 fully saturated rings. The molecule has 0 saturated heterocycles. The number of halogens is 1. The fraction of sp³-hybridized carbons (Fsp3) is 0.400. The molecule has 0 aliphatic carbocycles. The predicted octanol–water partition coefficient (Wildman–Crippen LogP) is 0.692. The SMILES string of the molecule is CCOC(=O)C(O)C(O)c1cnccc1Cl. The van der Waals surface area contributed by atoms with Crippen molar-refractivity contribution in [2.45, 2.75) is 19.1 Å². The number of rotatable bonds is 4. The van der Waals surface area contributed by atoms with Crippen molar-refractivity contribution in [3.05, 3.63) is 29.0 Å². The number of pyridine rings is 1. The second-order valence-corrected chi connectivity index (χ2v) is 3.45. The molecule has 1 heterocycles.